The van der Waals surface area contributed by atoms with Gasteiger partial charge in [0.25, 0.3) is 0 Å². The zero-order valence-electron chi connectivity index (χ0n) is 16.0. The van der Waals surface area contributed by atoms with E-state index in [1.54, 1.807) is 13.8 Å². The highest BCUT2D eigenvalue weighted by Crippen LogP contribution is 2.38. The topological polar surface area (TPSA) is 32.7 Å². The van der Waals surface area contributed by atoms with Crippen molar-refractivity contribution >= 4 is 11.6 Å². The third-order valence-electron chi connectivity index (χ3n) is 3.13. The molecule has 0 heterocycles. The second-order valence-corrected chi connectivity index (χ2v) is 5.19. The van der Waals surface area contributed by atoms with E-state index in [4.69, 9.17) is 21.4 Å². The number of hydrogen-bond donors (Lipinski definition) is 1. The quantitative estimate of drug-likeness (QED) is 0.710. The number of aryl methyl sites for hydroxylation is 1. The molecule has 0 saturated heterocycles. The number of halogens is 4. The molecule has 0 bridgehead atoms. The lowest BCUT2D eigenvalue weighted by atomic mass is 10.1. The molecular weight excluding hydrogens is 355 g/mol. The van der Waals surface area contributed by atoms with E-state index >= 15 is 0 Å². The van der Waals surface area contributed by atoms with Crippen molar-refractivity contribution in [2.75, 3.05) is 32.8 Å². The monoisotopic (exact) mass is 385 g/mol. The van der Waals surface area contributed by atoms with Gasteiger partial charge in [-0.05, 0) is 44.6 Å². The van der Waals surface area contributed by atoms with Crippen LogP contribution in [0.1, 0.15) is 45.7 Å². The number of alkyl halides is 3. The maximum atomic E-state index is 12.7. The molecule has 1 N–H and O–H groups in total. The molecule has 0 amide bonds. The zero-order valence-corrected chi connectivity index (χ0v) is 16.8. The van der Waals surface area contributed by atoms with E-state index < -0.39 is 11.7 Å². The van der Waals surface area contributed by atoms with Crippen molar-refractivity contribution in [2.45, 2.75) is 47.7 Å². The summed E-state index contributed by atoms with van der Waals surface area (Å²) < 4.78 is 43.6. The molecule has 0 aromatic heterocycles. The van der Waals surface area contributed by atoms with Crippen LogP contribution in [-0.4, -0.2) is 42.9 Å². The highest BCUT2D eigenvalue weighted by atomic mass is 35.5. The molecule has 1 rings (SSSR count). The van der Waals surface area contributed by atoms with Crippen LogP contribution in [-0.2, 0) is 6.18 Å². The van der Waals surface area contributed by atoms with Crippen LogP contribution in [0.3, 0.4) is 0 Å². The first-order chi connectivity index (χ1) is 11.7. The lowest BCUT2D eigenvalue weighted by molar-refractivity contribution is -0.137. The van der Waals surface area contributed by atoms with E-state index in [0.29, 0.717) is 17.9 Å². The number of likely N-dealkylation sites (N-methyl/N-ethyl adjacent to an activating group) is 1. The maximum Gasteiger partial charge on any atom is 0.417 e. The van der Waals surface area contributed by atoms with Gasteiger partial charge >= 0.3 is 6.18 Å². The number of rotatable bonds is 6. The summed E-state index contributed by atoms with van der Waals surface area (Å²) in [7, 11) is 0. The molecule has 0 spiro atoms. The average molecular weight is 386 g/mol. The number of ether oxygens (including phenoxy) is 1. The van der Waals surface area contributed by atoms with Crippen LogP contribution in [0, 0.1) is 6.92 Å². The summed E-state index contributed by atoms with van der Waals surface area (Å²) in [5.74, 6) is 0.398. The minimum atomic E-state index is -4.44. The molecule has 0 unspecified atom stereocenters. The maximum absolute atomic E-state index is 12.7. The van der Waals surface area contributed by atoms with Crippen LogP contribution in [0.2, 0.25) is 5.02 Å². The minimum Gasteiger partial charge on any atom is -0.492 e. The molecule has 148 valence electrons. The fourth-order valence-corrected chi connectivity index (χ4v) is 2.12. The first-order valence-electron chi connectivity index (χ1n) is 8.54. The Morgan fingerprint density at radius 1 is 1.12 bits per heavy atom. The standard InChI is InChI=1S/C14H19ClF3NO.C2H6O.C2H6/c1-4-19(5-2)6-7-20-13-9-12(15)11(8-10(13)3)14(16,17)18;1-2-3;1-2/h8-9H,4-7H2,1-3H3;3H,2H2,1H3;1-2H3. The Morgan fingerprint density at radius 2 is 1.60 bits per heavy atom. The Kier molecular flexibility index (Phi) is 14.9. The summed E-state index contributed by atoms with van der Waals surface area (Å²) in [5.41, 5.74) is -0.394. The van der Waals surface area contributed by atoms with Gasteiger partial charge in [-0.3, -0.25) is 0 Å². The highest BCUT2D eigenvalue weighted by molar-refractivity contribution is 6.31. The SMILES string of the molecule is CC.CCN(CC)CCOc1cc(Cl)c(C(F)(F)F)cc1C.CCO. The van der Waals surface area contributed by atoms with Gasteiger partial charge in [-0.2, -0.15) is 13.2 Å². The van der Waals surface area contributed by atoms with Crippen molar-refractivity contribution < 1.29 is 23.0 Å². The number of aliphatic hydroxyl groups excluding tert-OH is 1. The predicted molar refractivity (Wildman–Crippen MR) is 98.6 cm³/mol. The van der Waals surface area contributed by atoms with Gasteiger partial charge in [0, 0.05) is 13.2 Å². The van der Waals surface area contributed by atoms with Crippen molar-refractivity contribution in [3.05, 3.63) is 28.3 Å². The fraction of sp³-hybridized carbons (Fsp3) is 0.667. The van der Waals surface area contributed by atoms with Gasteiger partial charge in [-0.15, -0.1) is 0 Å². The molecule has 0 saturated carbocycles. The summed E-state index contributed by atoms with van der Waals surface area (Å²) in [4.78, 5) is 2.17. The van der Waals surface area contributed by atoms with Crippen LogP contribution in [0.5, 0.6) is 5.75 Å². The summed E-state index contributed by atoms with van der Waals surface area (Å²) in [6, 6.07) is 2.26. The van der Waals surface area contributed by atoms with Crippen molar-refractivity contribution in [1.29, 1.82) is 0 Å². The Morgan fingerprint density at radius 3 is 2.00 bits per heavy atom. The van der Waals surface area contributed by atoms with Crippen molar-refractivity contribution in [3.63, 3.8) is 0 Å². The van der Waals surface area contributed by atoms with Gasteiger partial charge in [0.1, 0.15) is 12.4 Å². The van der Waals surface area contributed by atoms with Gasteiger partial charge in [0.05, 0.1) is 10.6 Å². The van der Waals surface area contributed by atoms with Crippen LogP contribution in [0.25, 0.3) is 0 Å². The number of benzene rings is 1. The summed E-state index contributed by atoms with van der Waals surface area (Å²) in [5, 5.41) is 7.24. The molecule has 1 aromatic rings. The van der Waals surface area contributed by atoms with Crippen LogP contribution >= 0.6 is 11.6 Å². The van der Waals surface area contributed by atoms with E-state index in [1.807, 2.05) is 27.7 Å². The number of aliphatic hydroxyl groups is 1. The molecule has 0 atom stereocenters. The van der Waals surface area contributed by atoms with Gasteiger partial charge in [-0.1, -0.05) is 39.3 Å². The third-order valence-corrected chi connectivity index (χ3v) is 3.44. The van der Waals surface area contributed by atoms with Crippen LogP contribution in [0.4, 0.5) is 13.2 Å². The smallest absolute Gasteiger partial charge is 0.417 e. The Bertz CT molecular complexity index is 464. The van der Waals surface area contributed by atoms with E-state index in [-0.39, 0.29) is 11.6 Å². The van der Waals surface area contributed by atoms with Crippen molar-refractivity contribution in [1.82, 2.24) is 4.90 Å². The average Bonchev–Trinajstić information content (AvgIpc) is 2.56. The molecule has 0 aliphatic rings. The van der Waals surface area contributed by atoms with Gasteiger partial charge in [-0.25, -0.2) is 0 Å². The molecule has 1 aromatic carbocycles. The van der Waals surface area contributed by atoms with Crippen molar-refractivity contribution in [3.8, 4) is 5.75 Å². The summed E-state index contributed by atoms with van der Waals surface area (Å²) in [6.07, 6.45) is -4.44. The lowest BCUT2D eigenvalue weighted by Gasteiger charge is -2.19. The second-order valence-electron chi connectivity index (χ2n) is 4.79. The number of hydrogen-bond acceptors (Lipinski definition) is 3. The first-order valence-corrected chi connectivity index (χ1v) is 8.92. The van der Waals surface area contributed by atoms with E-state index in [9.17, 15) is 13.2 Å². The summed E-state index contributed by atoms with van der Waals surface area (Å²) >= 11 is 5.67. The van der Waals surface area contributed by atoms with Crippen LogP contribution in [0.15, 0.2) is 12.1 Å². The van der Waals surface area contributed by atoms with Gasteiger partial charge in [0.2, 0.25) is 0 Å². The fourth-order valence-electron chi connectivity index (χ4n) is 1.86. The van der Waals surface area contributed by atoms with Crippen molar-refractivity contribution in [2.24, 2.45) is 0 Å². The molecule has 0 aliphatic heterocycles. The predicted octanol–water partition coefficient (Wildman–Crippen LogP) is 5.41. The molecular formula is C18H31ClF3NO2. The van der Waals surface area contributed by atoms with E-state index in [1.165, 1.54) is 6.07 Å². The Balaban J connectivity index is 0. The molecule has 0 aliphatic carbocycles. The van der Waals surface area contributed by atoms with Crippen LogP contribution < -0.4 is 4.74 Å². The molecule has 0 radical (unpaired) electrons. The molecule has 7 heteroatoms. The highest BCUT2D eigenvalue weighted by Gasteiger charge is 2.33. The minimum absolute atomic E-state index is 0.250. The van der Waals surface area contributed by atoms with E-state index in [0.717, 1.165) is 25.7 Å². The Labute approximate surface area is 154 Å². The lowest BCUT2D eigenvalue weighted by Crippen LogP contribution is -2.28. The third kappa shape index (κ3) is 10.6. The van der Waals surface area contributed by atoms with Gasteiger partial charge < -0.3 is 14.7 Å². The second kappa shape index (κ2) is 14.2. The summed E-state index contributed by atoms with van der Waals surface area (Å²) in [6.45, 7) is 14.6. The molecule has 0 fully saturated rings. The van der Waals surface area contributed by atoms with Gasteiger partial charge in [0.15, 0.2) is 0 Å². The first kappa shape index (κ1) is 26.3. The Hall–Kier alpha value is -0.980. The number of nitrogens with zero attached hydrogens (tertiary/aromatic N) is 1. The zero-order chi connectivity index (χ0) is 20.0. The largest absolute Gasteiger partial charge is 0.492 e. The normalized spacial score (nSPS) is 10.6. The molecule has 25 heavy (non-hydrogen) atoms. The van der Waals surface area contributed by atoms with E-state index in [2.05, 4.69) is 4.90 Å². The molecule has 3 nitrogen and oxygen atoms in total.